The van der Waals surface area contributed by atoms with Gasteiger partial charge in [0.05, 0.1) is 24.9 Å². The van der Waals surface area contributed by atoms with Crippen molar-refractivity contribution >= 4 is 23.4 Å². The number of aromatic nitrogens is 2. The van der Waals surface area contributed by atoms with Gasteiger partial charge in [0, 0.05) is 40.4 Å². The number of hydrogen-bond donors (Lipinski definition) is 1. The molecule has 2 saturated heterocycles. The first-order chi connectivity index (χ1) is 17.9. The fourth-order valence-corrected chi connectivity index (χ4v) is 9.88. The molecule has 1 N–H and O–H groups in total. The van der Waals surface area contributed by atoms with Crippen molar-refractivity contribution in [3.05, 3.63) is 27.4 Å². The van der Waals surface area contributed by atoms with E-state index in [1.54, 1.807) is 0 Å². The van der Waals surface area contributed by atoms with Crippen LogP contribution in [0, 0.1) is 18.8 Å². The minimum atomic E-state index is 0.165. The fraction of sp³-hybridized carbons (Fsp3) is 0.862. The Labute approximate surface area is 231 Å². The van der Waals surface area contributed by atoms with Crippen LogP contribution in [0.25, 0.3) is 0 Å². The summed E-state index contributed by atoms with van der Waals surface area (Å²) < 4.78 is 8.54. The molecule has 2 aliphatic heterocycles. The van der Waals surface area contributed by atoms with Crippen LogP contribution in [-0.4, -0.2) is 74.8 Å². The molecule has 0 radical (unpaired) electrons. The Kier molecular flexibility index (Phi) is 7.99. The van der Waals surface area contributed by atoms with Crippen molar-refractivity contribution < 1.29 is 4.74 Å². The highest BCUT2D eigenvalue weighted by Crippen LogP contribution is 2.46. The number of thioether (sulfide) groups is 1. The van der Waals surface area contributed by atoms with Gasteiger partial charge in [0.25, 0.3) is 5.56 Å². The van der Waals surface area contributed by atoms with E-state index in [1.165, 1.54) is 31.4 Å². The normalized spacial score (nSPS) is 38.0. The number of nitrogens with zero attached hydrogens (tertiary/aromatic N) is 3. The lowest BCUT2D eigenvalue weighted by atomic mass is 9.71. The lowest BCUT2D eigenvalue weighted by Crippen LogP contribution is -2.54. The van der Waals surface area contributed by atoms with Crippen LogP contribution in [0.4, 0.5) is 0 Å². The molecular weight excluding hydrogens is 504 g/mol. The van der Waals surface area contributed by atoms with E-state index in [2.05, 4.69) is 35.9 Å². The third-order valence-electron chi connectivity index (χ3n) is 10.0. The van der Waals surface area contributed by atoms with Gasteiger partial charge >= 0.3 is 0 Å². The Morgan fingerprint density at radius 1 is 1.14 bits per heavy atom. The van der Waals surface area contributed by atoms with Crippen molar-refractivity contribution in [2.24, 2.45) is 11.8 Å². The summed E-state index contributed by atoms with van der Waals surface area (Å²) in [6.45, 7) is 5.49. The Hall–Kier alpha value is -0.600. The first-order valence-electron chi connectivity index (χ1n) is 14.8. The summed E-state index contributed by atoms with van der Waals surface area (Å²) in [5.74, 6) is 3.27. The molecule has 0 bridgehead atoms. The molecule has 0 amide bonds. The molecule has 7 unspecified atom stereocenters. The number of aryl methyl sites for hydroxylation is 2. The predicted molar refractivity (Wildman–Crippen MR) is 152 cm³/mol. The Morgan fingerprint density at radius 3 is 2.78 bits per heavy atom. The Balaban J connectivity index is 1.13. The molecule has 8 heteroatoms. The lowest BCUT2D eigenvalue weighted by molar-refractivity contribution is -0.0407. The number of likely N-dealkylation sites (N-methyl/N-ethyl adjacent to an activating group) is 1. The monoisotopic (exact) mass is 548 g/mol. The second-order valence-corrected chi connectivity index (χ2v) is 14.4. The maximum Gasteiger partial charge on any atom is 0.257 e. The van der Waals surface area contributed by atoms with Crippen LogP contribution in [0.5, 0.6) is 0 Å². The maximum absolute atomic E-state index is 13.6. The van der Waals surface area contributed by atoms with Crippen LogP contribution in [0.1, 0.15) is 75.4 Å². The molecule has 1 aromatic rings. The number of alkyl halides is 1. The van der Waals surface area contributed by atoms with Gasteiger partial charge in [0.1, 0.15) is 5.82 Å². The summed E-state index contributed by atoms with van der Waals surface area (Å²) in [6.07, 6.45) is 11.3. The van der Waals surface area contributed by atoms with E-state index in [0.29, 0.717) is 48.4 Å². The molecule has 3 aliphatic carbocycles. The van der Waals surface area contributed by atoms with Gasteiger partial charge in [-0.2, -0.15) is 11.8 Å². The van der Waals surface area contributed by atoms with E-state index < -0.39 is 0 Å². The molecule has 37 heavy (non-hydrogen) atoms. The average molecular weight is 549 g/mol. The van der Waals surface area contributed by atoms with Crippen molar-refractivity contribution in [3.8, 4) is 0 Å². The molecule has 206 valence electrons. The standard InChI is InChI=1S/C29H45ClN4O2S/c1-17-14-23(28-26(31-17)10-13-37-28)22-15-19(30)4-9-27(22)36-12-11-34-18(2)32-25-8-7-21(16-24(25)29(34)35)33(3)20-5-6-20/h17,19-23,26-28,31H,4-16H2,1-3H3/t17?,19?,21-,22?,23?,26?,27?,28?/m1/s1. The molecule has 3 heterocycles. The van der Waals surface area contributed by atoms with E-state index >= 15 is 0 Å². The summed E-state index contributed by atoms with van der Waals surface area (Å²) in [5, 5.41) is 4.80. The van der Waals surface area contributed by atoms with Gasteiger partial charge in [-0.3, -0.25) is 9.36 Å². The average Bonchev–Trinajstić information content (AvgIpc) is 3.63. The minimum absolute atomic E-state index is 0.165. The molecule has 1 aromatic heterocycles. The molecule has 6 rings (SSSR count). The maximum atomic E-state index is 13.6. The number of piperidine rings is 1. The molecule has 0 spiro atoms. The van der Waals surface area contributed by atoms with Crippen LogP contribution in [0.15, 0.2) is 4.79 Å². The highest BCUT2D eigenvalue weighted by atomic mass is 35.5. The molecular formula is C29H45ClN4O2S. The van der Waals surface area contributed by atoms with Gasteiger partial charge in [-0.05, 0) is 103 Å². The molecule has 0 aromatic carbocycles. The fourth-order valence-electron chi connectivity index (χ4n) is 7.88. The van der Waals surface area contributed by atoms with Crippen molar-refractivity contribution in [3.63, 3.8) is 0 Å². The molecule has 8 atom stereocenters. The summed E-state index contributed by atoms with van der Waals surface area (Å²) in [7, 11) is 2.24. The summed E-state index contributed by atoms with van der Waals surface area (Å²) in [4.78, 5) is 21.0. The van der Waals surface area contributed by atoms with Gasteiger partial charge in [-0.1, -0.05) is 0 Å². The first kappa shape index (κ1) is 26.6. The summed E-state index contributed by atoms with van der Waals surface area (Å²) in [5.41, 5.74) is 2.14. The van der Waals surface area contributed by atoms with Crippen molar-refractivity contribution in [2.45, 2.75) is 125 Å². The van der Waals surface area contributed by atoms with Crippen LogP contribution in [-0.2, 0) is 24.1 Å². The Bertz CT molecular complexity index is 1030. The van der Waals surface area contributed by atoms with Gasteiger partial charge in [-0.15, -0.1) is 11.6 Å². The van der Waals surface area contributed by atoms with Crippen molar-refractivity contribution in [2.75, 3.05) is 19.4 Å². The van der Waals surface area contributed by atoms with Gasteiger partial charge < -0.3 is 15.0 Å². The zero-order valence-corrected chi connectivity index (χ0v) is 24.4. The second kappa shape index (κ2) is 11.1. The van der Waals surface area contributed by atoms with Crippen LogP contribution in [0.3, 0.4) is 0 Å². The topological polar surface area (TPSA) is 59.4 Å². The van der Waals surface area contributed by atoms with E-state index in [0.717, 1.165) is 61.6 Å². The predicted octanol–water partition coefficient (Wildman–Crippen LogP) is 4.17. The molecule has 4 fully saturated rings. The SMILES string of the molecule is Cc1nc2c(c(=O)n1CCOC1CCC(Cl)CC1C1CC(C)NC3CCSC31)C[C@H](N(C)C1CC1)CC2. The van der Waals surface area contributed by atoms with Crippen LogP contribution >= 0.6 is 23.4 Å². The number of nitrogens with one attached hydrogen (secondary N) is 1. The van der Waals surface area contributed by atoms with E-state index in [-0.39, 0.29) is 17.0 Å². The van der Waals surface area contributed by atoms with E-state index in [9.17, 15) is 4.79 Å². The molecule has 2 saturated carbocycles. The smallest absolute Gasteiger partial charge is 0.257 e. The van der Waals surface area contributed by atoms with Crippen molar-refractivity contribution in [1.82, 2.24) is 19.8 Å². The van der Waals surface area contributed by atoms with Crippen LogP contribution in [0.2, 0.25) is 0 Å². The molecule has 6 nitrogen and oxygen atoms in total. The Morgan fingerprint density at radius 2 is 1.97 bits per heavy atom. The minimum Gasteiger partial charge on any atom is -0.376 e. The van der Waals surface area contributed by atoms with E-state index in [1.807, 2.05) is 11.5 Å². The zero-order chi connectivity index (χ0) is 25.7. The van der Waals surface area contributed by atoms with Gasteiger partial charge in [0.2, 0.25) is 0 Å². The third-order valence-corrected chi connectivity index (χ3v) is 12.0. The van der Waals surface area contributed by atoms with Gasteiger partial charge in [-0.25, -0.2) is 4.98 Å². The number of rotatable bonds is 7. The lowest BCUT2D eigenvalue weighted by Gasteiger charge is -2.46. The zero-order valence-electron chi connectivity index (χ0n) is 22.8. The highest BCUT2D eigenvalue weighted by molar-refractivity contribution is 8.00. The largest absolute Gasteiger partial charge is 0.376 e. The summed E-state index contributed by atoms with van der Waals surface area (Å²) >= 11 is 8.90. The highest BCUT2D eigenvalue weighted by Gasteiger charge is 2.46. The third kappa shape index (κ3) is 5.54. The first-order valence-corrected chi connectivity index (χ1v) is 16.3. The summed E-state index contributed by atoms with van der Waals surface area (Å²) in [6, 6.07) is 2.39. The number of hydrogen-bond acceptors (Lipinski definition) is 6. The number of fused-ring (bicyclic) bond motifs is 2. The van der Waals surface area contributed by atoms with Crippen molar-refractivity contribution in [1.29, 1.82) is 0 Å². The quantitative estimate of drug-likeness (QED) is 0.516. The molecule has 5 aliphatic rings. The number of halogens is 1. The second-order valence-electron chi connectivity index (χ2n) is 12.5. The van der Waals surface area contributed by atoms with Crippen LogP contribution < -0.4 is 10.9 Å². The van der Waals surface area contributed by atoms with Gasteiger partial charge in [0.15, 0.2) is 0 Å². The van der Waals surface area contributed by atoms with E-state index in [4.69, 9.17) is 21.3 Å². The number of ether oxygens (including phenoxy) is 1.